The lowest BCUT2D eigenvalue weighted by molar-refractivity contribution is -0.151. The Balaban J connectivity index is 4.60. The van der Waals surface area contributed by atoms with E-state index in [1.807, 2.05) is 0 Å². The van der Waals surface area contributed by atoms with E-state index in [-0.39, 0.29) is 24.9 Å². The Bertz CT molecular complexity index is 950. The molecule has 6 heteroatoms. The second-order valence-corrected chi connectivity index (χ2v) is 18.3. The van der Waals surface area contributed by atoms with Crippen LogP contribution in [0.4, 0.5) is 0 Å². The fraction of sp³-hybridized carbons (Fsp3) is 0.889. The summed E-state index contributed by atoms with van der Waals surface area (Å²) in [6.45, 7) is 6.48. The fourth-order valence-corrected chi connectivity index (χ4v) is 8.19. The molecule has 0 fully saturated rings. The molecule has 0 rings (SSSR count). The molecule has 0 spiro atoms. The average Bonchev–Trinajstić information content (AvgIpc) is 3.24. The van der Waals surface area contributed by atoms with Crippen molar-refractivity contribution in [3.63, 3.8) is 0 Å². The highest BCUT2D eigenvalue weighted by atomic mass is 16.5. The average molecular weight is 846 g/mol. The molecule has 6 nitrogen and oxygen atoms in total. The second-order valence-electron chi connectivity index (χ2n) is 18.3. The van der Waals surface area contributed by atoms with Crippen molar-refractivity contribution in [2.24, 2.45) is 0 Å². The maximum Gasteiger partial charge on any atom is 0.306 e. The second kappa shape index (κ2) is 48.4. The first-order valence-electron chi connectivity index (χ1n) is 26.6. The molecule has 354 valence electrons. The van der Waals surface area contributed by atoms with Crippen molar-refractivity contribution in [2.75, 3.05) is 6.61 Å². The highest BCUT2D eigenvalue weighted by Gasteiger charge is 2.24. The summed E-state index contributed by atoms with van der Waals surface area (Å²) in [5.41, 5.74) is 0. The number of ether oxygens (including phenoxy) is 1. The Morgan fingerprint density at radius 2 is 0.800 bits per heavy atom. The number of esters is 1. The molecule has 0 aliphatic rings. The van der Waals surface area contributed by atoms with Gasteiger partial charge in [0, 0.05) is 6.42 Å². The first-order chi connectivity index (χ1) is 29.5. The normalized spacial score (nSPS) is 13.3. The number of allylic oxidation sites excluding steroid dienone is 4. The third-order valence-electron chi connectivity index (χ3n) is 12.3. The molecule has 0 heterocycles. The Morgan fingerprint density at radius 1 is 0.467 bits per heavy atom. The number of unbranched alkanes of at least 4 members (excludes halogenated alkanes) is 32. The molecule has 1 amide bonds. The van der Waals surface area contributed by atoms with Crippen LogP contribution in [0.25, 0.3) is 0 Å². The Hall–Kier alpha value is -1.66. The van der Waals surface area contributed by atoms with Crippen LogP contribution in [0.15, 0.2) is 24.3 Å². The summed E-state index contributed by atoms with van der Waals surface area (Å²) >= 11 is 0. The van der Waals surface area contributed by atoms with Crippen molar-refractivity contribution >= 4 is 11.9 Å². The number of aliphatic hydroxyl groups is 2. The summed E-state index contributed by atoms with van der Waals surface area (Å²) in [5, 5.41) is 23.8. The van der Waals surface area contributed by atoms with Gasteiger partial charge in [-0.3, -0.25) is 9.59 Å². The van der Waals surface area contributed by atoms with Gasteiger partial charge >= 0.3 is 5.97 Å². The molecule has 3 atom stereocenters. The molecule has 0 aromatic heterocycles. The van der Waals surface area contributed by atoms with Gasteiger partial charge in [-0.1, -0.05) is 218 Å². The van der Waals surface area contributed by atoms with Crippen molar-refractivity contribution in [2.45, 2.75) is 302 Å². The summed E-state index contributed by atoms with van der Waals surface area (Å²) in [6, 6.07) is -0.705. The molecule has 0 saturated heterocycles. The number of aliphatic hydroxyl groups excluding tert-OH is 2. The van der Waals surface area contributed by atoms with E-state index >= 15 is 0 Å². The monoisotopic (exact) mass is 846 g/mol. The molecule has 60 heavy (non-hydrogen) atoms. The standard InChI is InChI=1S/C54H103NO5/c1-4-7-10-13-16-19-22-25-26-27-29-30-33-36-39-42-45-50(60-54(59)47-44-41-38-35-32-28-23-20-17-14-11-8-5-2)48-53(58)55-51(49-56)52(57)46-43-40-37-34-31-24-21-18-15-12-9-6-3/h28-30,32,50-52,56-57H,4-27,31,33-49H2,1-3H3,(H,55,58)/b30-29+,32-28-. The molecule has 3 N–H and O–H groups in total. The first kappa shape index (κ1) is 58.3. The SMILES string of the molecule is CCCCCCCC/C=C\CCCCCC(=O)OC(CCCCC/C=C/CCCCCCCCCCC)CC(=O)NC(CO)C(O)CCCCCCCCCCCCCC. The first-order valence-corrected chi connectivity index (χ1v) is 26.6. The Kier molecular flexibility index (Phi) is 47.0. The highest BCUT2D eigenvalue weighted by molar-refractivity contribution is 5.77. The van der Waals surface area contributed by atoms with Crippen molar-refractivity contribution in [3.05, 3.63) is 24.3 Å². The van der Waals surface area contributed by atoms with E-state index in [0.717, 1.165) is 70.6 Å². The zero-order chi connectivity index (χ0) is 43.8. The van der Waals surface area contributed by atoms with Gasteiger partial charge in [-0.15, -0.1) is 0 Å². The van der Waals surface area contributed by atoms with E-state index in [9.17, 15) is 19.8 Å². The zero-order valence-corrected chi connectivity index (χ0v) is 40.4. The van der Waals surface area contributed by atoms with Crippen molar-refractivity contribution < 1.29 is 24.5 Å². The summed E-state index contributed by atoms with van der Waals surface area (Å²) in [6.07, 6.45) is 55.2. The number of nitrogens with one attached hydrogen (secondary N) is 1. The number of carbonyl (C=O) groups is 2. The van der Waals surface area contributed by atoms with Gasteiger partial charge in [0.15, 0.2) is 0 Å². The minimum absolute atomic E-state index is 0.0651. The summed E-state index contributed by atoms with van der Waals surface area (Å²) < 4.78 is 5.92. The molecule has 0 aromatic carbocycles. The van der Waals surface area contributed by atoms with Crippen molar-refractivity contribution in [1.82, 2.24) is 5.32 Å². The summed E-state index contributed by atoms with van der Waals surface area (Å²) in [7, 11) is 0. The van der Waals surface area contributed by atoms with E-state index in [0.29, 0.717) is 19.3 Å². The number of carbonyl (C=O) groups excluding carboxylic acids is 2. The van der Waals surface area contributed by atoms with Crippen LogP contribution in [0.5, 0.6) is 0 Å². The third-order valence-corrected chi connectivity index (χ3v) is 12.3. The molecule has 0 radical (unpaired) electrons. The lowest BCUT2D eigenvalue weighted by Crippen LogP contribution is -2.46. The van der Waals surface area contributed by atoms with E-state index in [1.165, 1.54) is 167 Å². The molecule has 0 saturated carbocycles. The minimum Gasteiger partial charge on any atom is -0.462 e. The minimum atomic E-state index is -0.790. The van der Waals surface area contributed by atoms with Crippen LogP contribution < -0.4 is 5.32 Å². The van der Waals surface area contributed by atoms with Gasteiger partial charge in [0.05, 0.1) is 25.2 Å². The van der Waals surface area contributed by atoms with Gasteiger partial charge in [0.1, 0.15) is 6.10 Å². The molecule has 0 aliphatic heterocycles. The molecule has 0 aliphatic carbocycles. The topological polar surface area (TPSA) is 95.9 Å². The molecule has 0 aromatic rings. The van der Waals surface area contributed by atoms with Crippen LogP contribution in [0.1, 0.15) is 284 Å². The fourth-order valence-electron chi connectivity index (χ4n) is 8.19. The van der Waals surface area contributed by atoms with Gasteiger partial charge in [0.2, 0.25) is 5.91 Å². The van der Waals surface area contributed by atoms with Crippen molar-refractivity contribution in [1.29, 1.82) is 0 Å². The van der Waals surface area contributed by atoms with E-state index < -0.39 is 18.2 Å². The van der Waals surface area contributed by atoms with Crippen LogP contribution in [-0.4, -0.2) is 46.9 Å². The largest absolute Gasteiger partial charge is 0.462 e. The maximum absolute atomic E-state index is 13.2. The van der Waals surface area contributed by atoms with Gasteiger partial charge in [-0.05, 0) is 77.0 Å². The van der Waals surface area contributed by atoms with Crippen LogP contribution in [-0.2, 0) is 14.3 Å². The van der Waals surface area contributed by atoms with Crippen LogP contribution in [0, 0.1) is 0 Å². The van der Waals surface area contributed by atoms with Crippen LogP contribution in [0.3, 0.4) is 0 Å². The number of rotatable bonds is 48. The van der Waals surface area contributed by atoms with Gasteiger partial charge < -0.3 is 20.3 Å². The van der Waals surface area contributed by atoms with Gasteiger partial charge in [-0.2, -0.15) is 0 Å². The van der Waals surface area contributed by atoms with Crippen molar-refractivity contribution in [3.8, 4) is 0 Å². The lowest BCUT2D eigenvalue weighted by Gasteiger charge is -2.24. The third kappa shape index (κ3) is 43.0. The van der Waals surface area contributed by atoms with E-state index in [4.69, 9.17) is 4.74 Å². The molecular formula is C54H103NO5. The van der Waals surface area contributed by atoms with Gasteiger partial charge in [0.25, 0.3) is 0 Å². The molecular weight excluding hydrogens is 743 g/mol. The Morgan fingerprint density at radius 3 is 1.20 bits per heavy atom. The molecule has 3 unspecified atom stereocenters. The lowest BCUT2D eigenvalue weighted by atomic mass is 10.0. The maximum atomic E-state index is 13.2. The number of amides is 1. The summed E-state index contributed by atoms with van der Waals surface area (Å²) in [4.78, 5) is 26.1. The quantitative estimate of drug-likeness (QED) is 0.0322. The van der Waals surface area contributed by atoms with Crippen LogP contribution >= 0.6 is 0 Å². The molecule has 0 bridgehead atoms. The predicted molar refractivity (Wildman–Crippen MR) is 260 cm³/mol. The number of hydrogen-bond donors (Lipinski definition) is 3. The van der Waals surface area contributed by atoms with E-state index in [2.05, 4.69) is 50.4 Å². The van der Waals surface area contributed by atoms with E-state index in [1.54, 1.807) is 0 Å². The highest BCUT2D eigenvalue weighted by Crippen LogP contribution is 2.18. The number of hydrogen-bond acceptors (Lipinski definition) is 5. The van der Waals surface area contributed by atoms with Gasteiger partial charge in [-0.25, -0.2) is 0 Å². The smallest absolute Gasteiger partial charge is 0.306 e. The Labute approximate surface area is 373 Å². The summed E-state index contributed by atoms with van der Waals surface area (Å²) in [5.74, 6) is -0.496. The predicted octanol–water partition coefficient (Wildman–Crippen LogP) is 15.9. The zero-order valence-electron chi connectivity index (χ0n) is 40.4. The van der Waals surface area contributed by atoms with Crippen LogP contribution in [0.2, 0.25) is 0 Å².